The summed E-state index contributed by atoms with van der Waals surface area (Å²) < 4.78 is 0. The lowest BCUT2D eigenvalue weighted by Gasteiger charge is -2.32. The summed E-state index contributed by atoms with van der Waals surface area (Å²) in [4.78, 5) is 37.1. The first-order chi connectivity index (χ1) is 15.4. The number of hydrogen-bond acceptors (Lipinski definition) is 5. The zero-order valence-corrected chi connectivity index (χ0v) is 19.6. The highest BCUT2D eigenvalue weighted by Crippen LogP contribution is 2.37. The highest BCUT2D eigenvalue weighted by molar-refractivity contribution is 8.15. The maximum absolute atomic E-state index is 13.1. The zero-order valence-electron chi connectivity index (χ0n) is 18.8. The number of carbonyl (C=O) groups is 2. The Morgan fingerprint density at radius 3 is 2.53 bits per heavy atom. The van der Waals surface area contributed by atoms with Crippen LogP contribution in [0.5, 0.6) is 0 Å². The molecular formula is C25H28N4O2S. The minimum Gasteiger partial charge on any atom is -0.325 e. The summed E-state index contributed by atoms with van der Waals surface area (Å²) in [5, 5.41) is 3.32. The molecule has 6 nitrogen and oxygen atoms in total. The molecule has 2 aromatic rings. The molecule has 0 saturated carbocycles. The van der Waals surface area contributed by atoms with Crippen LogP contribution >= 0.6 is 11.8 Å². The van der Waals surface area contributed by atoms with E-state index in [2.05, 4.69) is 24.2 Å². The van der Waals surface area contributed by atoms with Gasteiger partial charge in [-0.3, -0.25) is 14.5 Å². The fourth-order valence-electron chi connectivity index (χ4n) is 3.87. The molecule has 4 rings (SSSR count). The van der Waals surface area contributed by atoms with Gasteiger partial charge in [-0.15, -0.1) is 0 Å². The summed E-state index contributed by atoms with van der Waals surface area (Å²) in [5.74, 6) is 0.750. The largest absolute Gasteiger partial charge is 0.325 e. The maximum atomic E-state index is 13.1. The van der Waals surface area contributed by atoms with Crippen molar-refractivity contribution >= 4 is 46.0 Å². The summed E-state index contributed by atoms with van der Waals surface area (Å²) >= 11 is 1.40. The zero-order chi connectivity index (χ0) is 22.8. The van der Waals surface area contributed by atoms with Crippen molar-refractivity contribution in [1.82, 2.24) is 4.90 Å². The van der Waals surface area contributed by atoms with Gasteiger partial charge in [0.2, 0.25) is 5.91 Å². The van der Waals surface area contributed by atoms with Crippen LogP contribution in [-0.2, 0) is 9.59 Å². The smallest absolute Gasteiger partial charge is 0.270 e. The van der Waals surface area contributed by atoms with E-state index in [0.717, 1.165) is 22.5 Å². The number of nitrogens with zero attached hydrogens (tertiary/aromatic N) is 3. The van der Waals surface area contributed by atoms with E-state index in [-0.39, 0.29) is 23.1 Å². The van der Waals surface area contributed by atoms with Gasteiger partial charge in [0.05, 0.1) is 10.9 Å². The minimum absolute atomic E-state index is 0.0765. The fourth-order valence-corrected chi connectivity index (χ4v) is 4.93. The molecule has 2 atom stereocenters. The molecular weight excluding hydrogens is 420 g/mol. The number of para-hydroxylation sites is 1. The van der Waals surface area contributed by atoms with E-state index >= 15 is 0 Å². The predicted octanol–water partition coefficient (Wildman–Crippen LogP) is 5.15. The number of aliphatic imine (C=N–C) groups is 2. The monoisotopic (exact) mass is 448 g/mol. The average Bonchev–Trinajstić information content (AvgIpc) is 3.09. The standard InChI is InChI=1S/C25H28N4O2S/c1-5-21(24(31)26-17-12-10-16(4)11-13-17)32-25-27-19-9-7-6-8-18(19)22-28-23(30)20(29(22)25)14-15(2)3/h6-13,15,20-21H,5,14H2,1-4H3,(H,26,31). The molecule has 2 heterocycles. The Morgan fingerprint density at radius 2 is 1.84 bits per heavy atom. The van der Waals surface area contributed by atoms with Crippen LogP contribution in [-0.4, -0.2) is 39.0 Å². The van der Waals surface area contributed by atoms with Gasteiger partial charge < -0.3 is 5.32 Å². The SMILES string of the molecule is CCC(SC1=Nc2ccccc2C2=NC(=O)C(CC(C)C)N12)C(=O)Nc1ccc(C)cc1. The molecule has 32 heavy (non-hydrogen) atoms. The quantitative estimate of drug-likeness (QED) is 0.663. The van der Waals surface area contributed by atoms with E-state index in [1.807, 2.05) is 67.3 Å². The van der Waals surface area contributed by atoms with Crippen molar-refractivity contribution in [2.75, 3.05) is 5.32 Å². The predicted molar refractivity (Wildman–Crippen MR) is 132 cm³/mol. The third-order valence-electron chi connectivity index (χ3n) is 5.53. The van der Waals surface area contributed by atoms with Crippen LogP contribution in [0.15, 0.2) is 58.5 Å². The molecule has 0 aliphatic carbocycles. The highest BCUT2D eigenvalue weighted by atomic mass is 32.2. The Morgan fingerprint density at radius 1 is 1.12 bits per heavy atom. The van der Waals surface area contributed by atoms with Gasteiger partial charge >= 0.3 is 0 Å². The van der Waals surface area contributed by atoms with E-state index in [1.54, 1.807) is 0 Å². The summed E-state index contributed by atoms with van der Waals surface area (Å²) in [6, 6.07) is 15.1. The Balaban J connectivity index is 1.63. The number of nitrogens with one attached hydrogen (secondary N) is 1. The van der Waals surface area contributed by atoms with E-state index in [9.17, 15) is 9.59 Å². The Labute approximate surface area is 193 Å². The molecule has 2 aliphatic heterocycles. The van der Waals surface area contributed by atoms with Crippen molar-refractivity contribution in [2.24, 2.45) is 15.9 Å². The van der Waals surface area contributed by atoms with Gasteiger partial charge in [-0.1, -0.05) is 62.4 Å². The number of amidine groups is 2. The van der Waals surface area contributed by atoms with E-state index in [4.69, 9.17) is 4.99 Å². The van der Waals surface area contributed by atoms with Crippen LogP contribution < -0.4 is 5.32 Å². The molecule has 0 spiro atoms. The van der Waals surface area contributed by atoms with Gasteiger partial charge in [0.1, 0.15) is 11.9 Å². The van der Waals surface area contributed by atoms with E-state index in [0.29, 0.717) is 29.8 Å². The minimum atomic E-state index is -0.387. The number of thioether (sulfide) groups is 1. The van der Waals surface area contributed by atoms with Crippen molar-refractivity contribution in [1.29, 1.82) is 0 Å². The van der Waals surface area contributed by atoms with E-state index < -0.39 is 0 Å². The molecule has 0 fully saturated rings. The molecule has 2 unspecified atom stereocenters. The number of aryl methyl sites for hydroxylation is 1. The second-order valence-corrected chi connectivity index (χ2v) is 9.74. The molecule has 2 aliphatic rings. The molecule has 0 radical (unpaired) electrons. The van der Waals surface area contributed by atoms with Crippen molar-refractivity contribution in [2.45, 2.75) is 51.8 Å². The van der Waals surface area contributed by atoms with Crippen LogP contribution in [0.3, 0.4) is 0 Å². The van der Waals surface area contributed by atoms with Crippen molar-refractivity contribution in [3.63, 3.8) is 0 Å². The topological polar surface area (TPSA) is 74.1 Å². The number of benzene rings is 2. The molecule has 0 aromatic heterocycles. The summed E-state index contributed by atoms with van der Waals surface area (Å²) in [6.07, 6.45) is 1.31. The van der Waals surface area contributed by atoms with Gasteiger partial charge in [0.25, 0.3) is 5.91 Å². The lowest BCUT2D eigenvalue weighted by Crippen LogP contribution is -2.45. The lowest BCUT2D eigenvalue weighted by molar-refractivity contribution is -0.120. The number of anilines is 1. The van der Waals surface area contributed by atoms with Gasteiger partial charge in [0, 0.05) is 11.3 Å². The third-order valence-corrected chi connectivity index (χ3v) is 6.86. The van der Waals surface area contributed by atoms with Gasteiger partial charge in [-0.2, -0.15) is 4.99 Å². The van der Waals surface area contributed by atoms with Crippen molar-refractivity contribution in [3.8, 4) is 0 Å². The molecule has 2 aromatic carbocycles. The van der Waals surface area contributed by atoms with Crippen LogP contribution in [0.4, 0.5) is 11.4 Å². The maximum Gasteiger partial charge on any atom is 0.270 e. The summed E-state index contributed by atoms with van der Waals surface area (Å²) in [7, 11) is 0. The first kappa shape index (κ1) is 22.3. The summed E-state index contributed by atoms with van der Waals surface area (Å²) in [6.45, 7) is 8.19. The number of carbonyl (C=O) groups excluding carboxylic acids is 2. The molecule has 7 heteroatoms. The Hall–Kier alpha value is -2.93. The first-order valence-corrected chi connectivity index (χ1v) is 11.9. The van der Waals surface area contributed by atoms with Crippen LogP contribution in [0.25, 0.3) is 0 Å². The van der Waals surface area contributed by atoms with Crippen molar-refractivity contribution < 1.29 is 9.59 Å². The molecule has 1 N–H and O–H groups in total. The number of rotatable bonds is 6. The van der Waals surface area contributed by atoms with E-state index in [1.165, 1.54) is 11.8 Å². The second-order valence-electron chi connectivity index (χ2n) is 8.57. The average molecular weight is 449 g/mol. The van der Waals surface area contributed by atoms with Crippen LogP contribution in [0, 0.1) is 12.8 Å². The molecule has 0 bridgehead atoms. The fraction of sp³-hybridized carbons (Fsp3) is 0.360. The van der Waals surface area contributed by atoms with Gasteiger partial charge in [-0.25, -0.2) is 4.99 Å². The Bertz CT molecular complexity index is 1090. The number of amides is 2. The van der Waals surface area contributed by atoms with Gasteiger partial charge in [0.15, 0.2) is 5.17 Å². The molecule has 166 valence electrons. The van der Waals surface area contributed by atoms with Gasteiger partial charge in [-0.05, 0) is 49.9 Å². The third kappa shape index (κ3) is 4.48. The first-order valence-electron chi connectivity index (χ1n) is 11.0. The normalized spacial score (nSPS) is 18.1. The molecule has 2 amide bonds. The summed E-state index contributed by atoms with van der Waals surface area (Å²) in [5.41, 5.74) is 3.54. The van der Waals surface area contributed by atoms with Crippen LogP contribution in [0.2, 0.25) is 0 Å². The Kier molecular flexibility index (Phi) is 6.46. The number of hydrogen-bond donors (Lipinski definition) is 1. The molecule has 0 saturated heterocycles. The second kappa shape index (κ2) is 9.28. The lowest BCUT2D eigenvalue weighted by atomic mass is 10.0. The van der Waals surface area contributed by atoms with Crippen LogP contribution in [0.1, 0.15) is 44.7 Å². The highest BCUT2D eigenvalue weighted by Gasteiger charge is 2.42. The number of fused-ring (bicyclic) bond motifs is 3. The van der Waals surface area contributed by atoms with Crippen molar-refractivity contribution in [3.05, 3.63) is 59.7 Å².